The van der Waals surface area contributed by atoms with Gasteiger partial charge >= 0.3 is 12.1 Å². The minimum Gasteiger partial charge on any atom is -0.464 e. The number of carbonyl (C=O) groups excluding carboxylic acids is 2. The molecule has 0 heterocycles. The van der Waals surface area contributed by atoms with Crippen LogP contribution in [0, 0.1) is 0 Å². The molecule has 0 aromatic heterocycles. The molecular weight excluding hydrogens is 330 g/mol. The molecule has 1 atom stereocenters. The Morgan fingerprint density at radius 3 is 2.08 bits per heavy atom. The molecule has 0 saturated heterocycles. The van der Waals surface area contributed by atoms with Gasteiger partial charge in [0.05, 0.1) is 13.2 Å². The highest BCUT2D eigenvalue weighted by Crippen LogP contribution is 2.09. The van der Waals surface area contributed by atoms with Crippen LogP contribution < -0.4 is 5.32 Å². The summed E-state index contributed by atoms with van der Waals surface area (Å²) < 4.78 is 10.2. The van der Waals surface area contributed by atoms with Crippen molar-refractivity contribution in [2.45, 2.75) is 83.6 Å². The molecule has 0 bridgehead atoms. The maximum Gasteiger partial charge on any atom is 0.407 e. The molecule has 0 aromatic carbocycles. The van der Waals surface area contributed by atoms with E-state index in [9.17, 15) is 9.59 Å². The van der Waals surface area contributed by atoms with Gasteiger partial charge in [-0.05, 0) is 19.3 Å². The number of rotatable bonds is 17. The highest BCUT2D eigenvalue weighted by Gasteiger charge is 2.21. The Morgan fingerprint density at radius 1 is 0.885 bits per heavy atom. The predicted molar refractivity (Wildman–Crippen MR) is 106 cm³/mol. The van der Waals surface area contributed by atoms with Crippen LogP contribution in [-0.2, 0) is 14.3 Å². The monoisotopic (exact) mass is 367 g/mol. The van der Waals surface area contributed by atoms with Gasteiger partial charge in [0.2, 0.25) is 0 Å². The van der Waals surface area contributed by atoms with Gasteiger partial charge in [-0.2, -0.15) is 0 Å². The molecule has 1 N–H and O–H groups in total. The normalized spacial score (nSPS) is 11.4. The average molecular weight is 368 g/mol. The van der Waals surface area contributed by atoms with Crippen molar-refractivity contribution in [1.29, 1.82) is 0 Å². The maximum atomic E-state index is 12.1. The number of amides is 1. The molecule has 26 heavy (non-hydrogen) atoms. The summed E-state index contributed by atoms with van der Waals surface area (Å²) in [6.07, 6.45) is 14.4. The smallest absolute Gasteiger partial charge is 0.407 e. The molecule has 1 amide bonds. The van der Waals surface area contributed by atoms with Gasteiger partial charge in [0.25, 0.3) is 0 Å². The molecule has 0 aliphatic rings. The summed E-state index contributed by atoms with van der Waals surface area (Å²) in [4.78, 5) is 23.7. The number of unbranched alkanes of at least 4 members (excludes halogenated alkanes) is 8. The van der Waals surface area contributed by atoms with Crippen molar-refractivity contribution in [3.05, 3.63) is 25.3 Å². The van der Waals surface area contributed by atoms with Crippen LogP contribution in [0.5, 0.6) is 0 Å². The summed E-state index contributed by atoms with van der Waals surface area (Å²) in [6, 6.07) is -0.748. The van der Waals surface area contributed by atoms with Crippen LogP contribution in [0.2, 0.25) is 0 Å². The lowest BCUT2D eigenvalue weighted by atomic mass is 10.1. The van der Waals surface area contributed by atoms with Gasteiger partial charge in [0, 0.05) is 0 Å². The third-order valence-electron chi connectivity index (χ3n) is 4.03. The number of esters is 1. The van der Waals surface area contributed by atoms with E-state index in [0.717, 1.165) is 12.8 Å². The first-order chi connectivity index (χ1) is 12.7. The Labute approximate surface area is 159 Å². The fourth-order valence-electron chi connectivity index (χ4n) is 2.49. The van der Waals surface area contributed by atoms with Crippen LogP contribution in [0.1, 0.15) is 77.6 Å². The molecule has 150 valence electrons. The lowest BCUT2D eigenvalue weighted by molar-refractivity contribution is -0.146. The molecule has 0 fully saturated rings. The molecule has 0 spiro atoms. The predicted octanol–water partition coefficient (Wildman–Crippen LogP) is 5.31. The zero-order valence-corrected chi connectivity index (χ0v) is 16.5. The Kier molecular flexibility index (Phi) is 16.8. The van der Waals surface area contributed by atoms with E-state index in [4.69, 9.17) is 9.47 Å². The average Bonchev–Trinajstić information content (AvgIpc) is 2.63. The van der Waals surface area contributed by atoms with E-state index in [2.05, 4.69) is 25.4 Å². The first-order valence-electron chi connectivity index (χ1n) is 9.97. The fourth-order valence-corrected chi connectivity index (χ4v) is 2.49. The second-order valence-electron chi connectivity index (χ2n) is 6.43. The maximum absolute atomic E-state index is 12.1. The van der Waals surface area contributed by atoms with Crippen molar-refractivity contribution in [1.82, 2.24) is 5.32 Å². The third kappa shape index (κ3) is 14.6. The Balaban J connectivity index is 3.82. The molecular formula is C21H37NO4. The number of carbonyl (C=O) groups is 2. The highest BCUT2D eigenvalue weighted by atomic mass is 16.6. The van der Waals surface area contributed by atoms with Crippen LogP contribution in [-0.4, -0.2) is 31.3 Å². The van der Waals surface area contributed by atoms with Gasteiger partial charge in [-0.3, -0.25) is 0 Å². The number of ether oxygens (including phenoxy) is 2. The van der Waals surface area contributed by atoms with Crippen molar-refractivity contribution in [2.75, 3.05) is 13.2 Å². The van der Waals surface area contributed by atoms with E-state index in [1.165, 1.54) is 44.9 Å². The van der Waals surface area contributed by atoms with Gasteiger partial charge in [-0.15, -0.1) is 13.2 Å². The van der Waals surface area contributed by atoms with Gasteiger partial charge in [-0.25, -0.2) is 9.59 Å². The van der Waals surface area contributed by atoms with Crippen molar-refractivity contribution in [2.24, 2.45) is 0 Å². The Bertz CT molecular complexity index is 395. The molecule has 0 aliphatic carbocycles. The first-order valence-corrected chi connectivity index (χ1v) is 9.97. The SMILES string of the molecule is C=CCCOC(=O)NC(CC=C)C(=O)OCCCCCCCCCCC. The van der Waals surface area contributed by atoms with Crippen LogP contribution in [0.4, 0.5) is 4.79 Å². The van der Waals surface area contributed by atoms with Crippen LogP contribution in [0.25, 0.3) is 0 Å². The van der Waals surface area contributed by atoms with Gasteiger partial charge in [0.15, 0.2) is 0 Å². The minimum atomic E-state index is -0.748. The summed E-state index contributed by atoms with van der Waals surface area (Å²) in [5.41, 5.74) is 0. The van der Waals surface area contributed by atoms with E-state index in [1.54, 1.807) is 12.2 Å². The van der Waals surface area contributed by atoms with E-state index < -0.39 is 18.1 Å². The number of nitrogens with one attached hydrogen (secondary N) is 1. The molecule has 5 nitrogen and oxygen atoms in total. The number of hydrogen-bond donors (Lipinski definition) is 1. The molecule has 0 aliphatic heterocycles. The molecule has 0 aromatic rings. The topological polar surface area (TPSA) is 64.6 Å². The van der Waals surface area contributed by atoms with Crippen molar-refractivity contribution < 1.29 is 19.1 Å². The van der Waals surface area contributed by atoms with Gasteiger partial charge < -0.3 is 14.8 Å². The Hall–Kier alpha value is -1.78. The van der Waals surface area contributed by atoms with Gasteiger partial charge in [0.1, 0.15) is 6.04 Å². The van der Waals surface area contributed by atoms with Crippen molar-refractivity contribution >= 4 is 12.1 Å². The largest absolute Gasteiger partial charge is 0.464 e. The fraction of sp³-hybridized carbons (Fsp3) is 0.714. The second kappa shape index (κ2) is 18.0. The quantitative estimate of drug-likeness (QED) is 0.215. The number of alkyl carbamates (subject to hydrolysis) is 1. The first kappa shape index (κ1) is 24.2. The third-order valence-corrected chi connectivity index (χ3v) is 4.03. The zero-order chi connectivity index (χ0) is 19.5. The number of hydrogen-bond acceptors (Lipinski definition) is 4. The molecule has 5 heteroatoms. The molecule has 0 radical (unpaired) electrons. The van der Waals surface area contributed by atoms with Crippen molar-refractivity contribution in [3.63, 3.8) is 0 Å². The highest BCUT2D eigenvalue weighted by molar-refractivity contribution is 5.81. The van der Waals surface area contributed by atoms with Crippen molar-refractivity contribution in [3.8, 4) is 0 Å². The van der Waals surface area contributed by atoms with Crippen LogP contribution >= 0.6 is 0 Å². The van der Waals surface area contributed by atoms with E-state index in [-0.39, 0.29) is 6.61 Å². The van der Waals surface area contributed by atoms with E-state index in [0.29, 0.717) is 19.4 Å². The lowest BCUT2D eigenvalue weighted by Gasteiger charge is -2.16. The van der Waals surface area contributed by atoms with Crippen LogP contribution in [0.15, 0.2) is 25.3 Å². The molecule has 0 rings (SSSR count). The summed E-state index contributed by atoms with van der Waals surface area (Å²) in [7, 11) is 0. The minimum absolute atomic E-state index is 0.240. The van der Waals surface area contributed by atoms with E-state index >= 15 is 0 Å². The van der Waals surface area contributed by atoms with Crippen LogP contribution in [0.3, 0.4) is 0 Å². The zero-order valence-electron chi connectivity index (χ0n) is 16.5. The Morgan fingerprint density at radius 2 is 1.50 bits per heavy atom. The van der Waals surface area contributed by atoms with E-state index in [1.807, 2.05) is 0 Å². The molecule has 0 saturated carbocycles. The summed E-state index contributed by atoms with van der Waals surface area (Å²) in [5, 5.41) is 2.52. The summed E-state index contributed by atoms with van der Waals surface area (Å²) in [5.74, 6) is -0.440. The second-order valence-corrected chi connectivity index (χ2v) is 6.43. The standard InChI is InChI=1S/C21H37NO4/c1-4-7-9-10-11-12-13-14-15-18-25-20(23)19(16-6-3)22-21(24)26-17-8-5-2/h5-6,19H,2-4,7-18H2,1H3,(H,22,24). The summed E-state index contributed by atoms with van der Waals surface area (Å²) in [6.45, 7) is 10.0. The lowest BCUT2D eigenvalue weighted by Crippen LogP contribution is -2.42. The molecule has 1 unspecified atom stereocenters. The summed E-state index contributed by atoms with van der Waals surface area (Å²) >= 11 is 0. The van der Waals surface area contributed by atoms with Gasteiger partial charge in [-0.1, -0.05) is 70.4 Å².